The second kappa shape index (κ2) is 14.6. The van der Waals surface area contributed by atoms with Crippen LogP contribution in [0.5, 0.6) is 5.75 Å². The number of nitrogens with zero attached hydrogens (tertiary/aromatic N) is 2. The van der Waals surface area contributed by atoms with Crippen LogP contribution >= 0.6 is 0 Å². The highest BCUT2D eigenvalue weighted by Crippen LogP contribution is 2.76. The van der Waals surface area contributed by atoms with Gasteiger partial charge in [0.05, 0.1) is 0 Å². The van der Waals surface area contributed by atoms with Crippen molar-refractivity contribution in [2.75, 3.05) is 39.3 Å². The Labute approximate surface area is 333 Å². The number of rotatable bonds is 10. The van der Waals surface area contributed by atoms with E-state index in [1.54, 1.807) is 0 Å². The Hall–Kier alpha value is -2.73. The Morgan fingerprint density at radius 1 is 0.836 bits per heavy atom. The maximum Gasteiger partial charge on any atom is 0.298 e. The van der Waals surface area contributed by atoms with Gasteiger partial charge in [0.15, 0.2) is 0 Å². The largest absolute Gasteiger partial charge is 0.429 e. The van der Waals surface area contributed by atoms with Crippen LogP contribution in [0.25, 0.3) is 5.57 Å². The lowest BCUT2D eigenvalue weighted by Gasteiger charge is -2.72. The van der Waals surface area contributed by atoms with Crippen LogP contribution in [-0.4, -0.2) is 61.1 Å². The molecule has 5 aliphatic carbocycles. The second-order valence-corrected chi connectivity index (χ2v) is 20.7. The number of carbonyl (C=O) groups is 1. The molecule has 0 unspecified atom stereocenters. The van der Waals surface area contributed by atoms with Crippen LogP contribution in [0.1, 0.15) is 116 Å². The molecular weight excluding hydrogens is 675 g/mol. The summed E-state index contributed by atoms with van der Waals surface area (Å²) in [6.07, 6.45) is 14.5. The molecule has 1 saturated heterocycles. The molecule has 1 heterocycles. The fourth-order valence-corrected chi connectivity index (χ4v) is 14.9. The Morgan fingerprint density at radius 2 is 1.55 bits per heavy atom. The van der Waals surface area contributed by atoms with Gasteiger partial charge < -0.3 is 10.1 Å². The highest BCUT2D eigenvalue weighted by atomic mass is 16.5. The molecule has 55 heavy (non-hydrogen) atoms. The first-order valence-electron chi connectivity index (χ1n) is 22.1. The molecule has 5 heteroatoms. The molecule has 8 rings (SSSR count). The van der Waals surface area contributed by atoms with E-state index in [-0.39, 0.29) is 16.4 Å². The highest BCUT2D eigenvalue weighted by molar-refractivity contribution is 5.72. The maximum atomic E-state index is 10.9. The Morgan fingerprint density at radius 3 is 2.24 bits per heavy atom. The molecule has 1 aliphatic heterocycles. The summed E-state index contributed by atoms with van der Waals surface area (Å²) >= 11 is 0. The summed E-state index contributed by atoms with van der Waals surface area (Å²) in [6, 6.07) is 17.3. The van der Waals surface area contributed by atoms with Gasteiger partial charge in [0.2, 0.25) is 0 Å². The van der Waals surface area contributed by atoms with Crippen molar-refractivity contribution < 1.29 is 9.53 Å². The molecule has 2 aromatic rings. The van der Waals surface area contributed by atoms with Crippen molar-refractivity contribution in [2.24, 2.45) is 51.2 Å². The molecule has 0 spiro atoms. The average molecular weight is 746 g/mol. The van der Waals surface area contributed by atoms with Crippen molar-refractivity contribution in [3.63, 3.8) is 0 Å². The number of allylic oxidation sites excluding steroid dienone is 3. The molecule has 0 bridgehead atoms. The van der Waals surface area contributed by atoms with Crippen molar-refractivity contribution in [3.05, 3.63) is 83.4 Å². The fourth-order valence-electron chi connectivity index (χ4n) is 14.9. The Kier molecular flexibility index (Phi) is 10.4. The van der Waals surface area contributed by atoms with E-state index in [4.69, 9.17) is 4.74 Å². The first kappa shape index (κ1) is 39.1. The Bertz CT molecular complexity index is 1760. The number of benzene rings is 2. The summed E-state index contributed by atoms with van der Waals surface area (Å²) < 4.78 is 5.13. The van der Waals surface area contributed by atoms with Crippen LogP contribution in [0.2, 0.25) is 0 Å². The third-order valence-corrected chi connectivity index (χ3v) is 17.9. The van der Waals surface area contributed by atoms with E-state index in [1.165, 1.54) is 105 Å². The summed E-state index contributed by atoms with van der Waals surface area (Å²) in [5.74, 6) is 4.07. The van der Waals surface area contributed by atoms with Crippen LogP contribution in [-0.2, 0) is 11.3 Å². The second-order valence-electron chi connectivity index (χ2n) is 20.7. The van der Waals surface area contributed by atoms with Gasteiger partial charge in [0.25, 0.3) is 6.47 Å². The zero-order chi connectivity index (χ0) is 38.8. The zero-order valence-corrected chi connectivity index (χ0v) is 35.4. The van der Waals surface area contributed by atoms with E-state index in [1.807, 2.05) is 12.1 Å². The van der Waals surface area contributed by atoms with Gasteiger partial charge in [0.1, 0.15) is 5.75 Å². The molecule has 0 amide bonds. The minimum absolute atomic E-state index is 0.0784. The van der Waals surface area contributed by atoms with Crippen LogP contribution in [0, 0.1) is 58.2 Å². The van der Waals surface area contributed by atoms with Crippen molar-refractivity contribution >= 4 is 12.0 Å². The third kappa shape index (κ3) is 6.51. The molecule has 1 N–H and O–H groups in total. The predicted octanol–water partition coefficient (Wildman–Crippen LogP) is 10.3. The lowest BCUT2D eigenvalue weighted by Crippen LogP contribution is -2.68. The number of piperazine rings is 1. The number of hydrogen-bond acceptors (Lipinski definition) is 5. The van der Waals surface area contributed by atoms with Crippen molar-refractivity contribution in [2.45, 2.75) is 118 Å². The first-order valence-corrected chi connectivity index (χ1v) is 22.1. The van der Waals surface area contributed by atoms with E-state index in [0.29, 0.717) is 40.8 Å². The zero-order valence-electron chi connectivity index (χ0n) is 35.4. The summed E-state index contributed by atoms with van der Waals surface area (Å²) in [6.45, 7) is 31.0. The lowest BCUT2D eigenvalue weighted by atomic mass is 9.33. The number of nitrogens with one attached hydrogen (secondary N) is 1. The number of fused-ring (bicyclic) bond motifs is 7. The third-order valence-electron chi connectivity index (χ3n) is 17.9. The van der Waals surface area contributed by atoms with Gasteiger partial charge in [-0.15, -0.1) is 0 Å². The summed E-state index contributed by atoms with van der Waals surface area (Å²) in [5.41, 5.74) is 8.26. The molecule has 6 aliphatic rings. The Balaban J connectivity index is 0.970. The fraction of sp³-hybridized carbons (Fsp3) is 0.660. The van der Waals surface area contributed by atoms with Crippen molar-refractivity contribution in [1.82, 2.24) is 15.1 Å². The molecule has 2 aromatic carbocycles. The van der Waals surface area contributed by atoms with E-state index in [2.05, 4.69) is 113 Å². The van der Waals surface area contributed by atoms with Gasteiger partial charge in [-0.2, -0.15) is 0 Å². The molecule has 5 fully saturated rings. The molecule has 0 aromatic heterocycles. The van der Waals surface area contributed by atoms with Gasteiger partial charge in [-0.25, -0.2) is 0 Å². The highest BCUT2D eigenvalue weighted by Gasteiger charge is 2.70. The smallest absolute Gasteiger partial charge is 0.298 e. The number of hydrogen-bond donors (Lipinski definition) is 1. The maximum absolute atomic E-state index is 10.9. The summed E-state index contributed by atoms with van der Waals surface area (Å²) in [7, 11) is 0. The number of ether oxygens (including phenoxy) is 1. The minimum atomic E-state index is 0.0784. The number of carbonyl (C=O) groups excluding carboxylic acids is 1. The number of aryl methyl sites for hydroxylation is 1. The quantitative estimate of drug-likeness (QED) is 0.194. The SMILES string of the molecule is C=C(C)[C@@H]1CC[C@]2(NCCN3CCN(Cc4ccc(C)cc4)CC3)CC[C@]3(C)[C@H](CC[C@@H]4[C@@]5(C)CC=C(c6ccc(OC=O)cc6)C(C)(C)[C@@H]5CC[C@]43C)[C@@H]12. The summed E-state index contributed by atoms with van der Waals surface area (Å²) in [4.78, 5) is 16.3. The van der Waals surface area contributed by atoms with Crippen molar-refractivity contribution in [1.29, 1.82) is 0 Å². The normalized spacial score (nSPS) is 38.5. The van der Waals surface area contributed by atoms with Gasteiger partial charge in [0, 0.05) is 51.4 Å². The molecule has 5 nitrogen and oxygen atoms in total. The molecular formula is C50H71N3O2. The molecule has 9 atom stereocenters. The van der Waals surface area contributed by atoms with Gasteiger partial charge in [-0.1, -0.05) is 94.8 Å². The van der Waals surface area contributed by atoms with Crippen LogP contribution in [0.3, 0.4) is 0 Å². The lowest BCUT2D eigenvalue weighted by molar-refractivity contribution is -0.219. The summed E-state index contributed by atoms with van der Waals surface area (Å²) in [5, 5.41) is 4.39. The van der Waals surface area contributed by atoms with Gasteiger partial charge in [-0.05, 0) is 152 Å². The van der Waals surface area contributed by atoms with E-state index in [9.17, 15) is 4.79 Å². The van der Waals surface area contributed by atoms with Gasteiger partial charge >= 0.3 is 0 Å². The molecule has 298 valence electrons. The standard InChI is InChI=1S/C50H71N3O2/c1-35(2)40-19-24-50(51-27-28-52-29-31-53(32-30-52)33-37-11-9-36(3)10-12-37)26-25-48(7)42(45(40)50)17-18-44-47(6)22-20-41(38-13-15-39(16-14-38)55-34-54)46(4,5)43(47)21-23-49(44,48)8/h9-16,20,34,40,42-45,51H,1,17-19,21-33H2,2-8H3/t40-,42+,43-,44+,45+,47-,48+,49+,50-/m0/s1. The molecule has 4 saturated carbocycles. The van der Waals surface area contributed by atoms with E-state index in [0.717, 1.165) is 37.9 Å². The topological polar surface area (TPSA) is 44.8 Å². The van der Waals surface area contributed by atoms with Crippen LogP contribution in [0.15, 0.2) is 66.8 Å². The van der Waals surface area contributed by atoms with Crippen LogP contribution < -0.4 is 10.1 Å². The van der Waals surface area contributed by atoms with Crippen LogP contribution in [0.4, 0.5) is 0 Å². The monoisotopic (exact) mass is 746 g/mol. The first-order chi connectivity index (χ1) is 26.2. The van der Waals surface area contributed by atoms with E-state index < -0.39 is 0 Å². The van der Waals surface area contributed by atoms with E-state index >= 15 is 0 Å². The van der Waals surface area contributed by atoms with Gasteiger partial charge in [-0.3, -0.25) is 14.6 Å². The van der Waals surface area contributed by atoms with Crippen molar-refractivity contribution in [3.8, 4) is 5.75 Å². The minimum Gasteiger partial charge on any atom is -0.429 e. The average Bonchev–Trinajstić information content (AvgIpc) is 3.54. The molecule has 0 radical (unpaired) electrons. The predicted molar refractivity (Wildman–Crippen MR) is 227 cm³/mol.